The Morgan fingerprint density at radius 1 is 1.10 bits per heavy atom. The molecular formula is C24H40BI2O3-. The number of aliphatic hydroxyl groups is 1. The van der Waals surface area contributed by atoms with E-state index in [4.69, 9.17) is 10.8 Å². The molecule has 4 saturated carbocycles. The summed E-state index contributed by atoms with van der Waals surface area (Å²) in [5.74, 6) is 3.91. The van der Waals surface area contributed by atoms with Gasteiger partial charge < -0.3 is 10.2 Å². The molecule has 172 valence electrons. The van der Waals surface area contributed by atoms with E-state index in [-0.39, 0.29) is 23.1 Å². The van der Waals surface area contributed by atoms with Crippen molar-refractivity contribution < 1.29 is 32.0 Å². The van der Waals surface area contributed by atoms with Gasteiger partial charge in [-0.1, -0.05) is 20.8 Å². The third-order valence-electron chi connectivity index (χ3n) is 10.2. The van der Waals surface area contributed by atoms with E-state index in [2.05, 4.69) is 39.4 Å². The van der Waals surface area contributed by atoms with E-state index < -0.39 is 5.97 Å². The summed E-state index contributed by atoms with van der Waals surface area (Å²) in [5.41, 5.74) is 5.83. The second-order valence-electron chi connectivity index (χ2n) is 11.3. The Kier molecular flexibility index (Phi) is 8.93. The topological polar surface area (TPSA) is 57.5 Å². The van der Waals surface area contributed by atoms with Crippen LogP contribution in [0.5, 0.6) is 0 Å². The number of hydrogen-bond acceptors (Lipinski definition) is 2. The van der Waals surface area contributed by atoms with Gasteiger partial charge in [-0.15, -0.1) is 0 Å². The molecule has 4 aliphatic rings. The minimum atomic E-state index is -0.643. The van der Waals surface area contributed by atoms with Crippen molar-refractivity contribution in [2.45, 2.75) is 97.5 Å². The van der Waals surface area contributed by atoms with E-state index in [1.165, 1.54) is 44.9 Å². The van der Waals surface area contributed by atoms with Crippen LogP contribution in [-0.4, -0.2) is 28.0 Å². The Bertz CT molecular complexity index is 605. The molecule has 2 unspecified atom stereocenters. The number of hydrogen-bond donors (Lipinski definition) is 2. The fourth-order valence-corrected chi connectivity index (χ4v) is 8.76. The van der Waals surface area contributed by atoms with Gasteiger partial charge >= 0.3 is 47.3 Å². The molecule has 30 heavy (non-hydrogen) atoms. The second kappa shape index (κ2) is 10.5. The first-order chi connectivity index (χ1) is 14.2. The maximum atomic E-state index is 11.0. The van der Waals surface area contributed by atoms with E-state index in [1.54, 1.807) is 0 Å². The first kappa shape index (κ1) is 25.6. The summed E-state index contributed by atoms with van der Waals surface area (Å²) in [6.45, 7) is 7.43. The summed E-state index contributed by atoms with van der Waals surface area (Å²) in [7, 11) is 0. The zero-order chi connectivity index (χ0) is 22.1. The minimum absolute atomic E-state index is 0.0561. The van der Waals surface area contributed by atoms with Crippen LogP contribution in [0.4, 0.5) is 0 Å². The summed E-state index contributed by atoms with van der Waals surface area (Å²) in [4.78, 5) is 11.0. The number of carboxylic acid groups (broad SMARTS) is 1. The van der Waals surface area contributed by atoms with Crippen molar-refractivity contribution in [3.8, 4) is 0 Å². The Morgan fingerprint density at radius 3 is 2.40 bits per heavy atom. The predicted molar refractivity (Wildman–Crippen MR) is 127 cm³/mol. The second-order valence-corrected chi connectivity index (χ2v) is 14.9. The fourth-order valence-electron chi connectivity index (χ4n) is 8.76. The van der Waals surface area contributed by atoms with Crippen LogP contribution >= 0.6 is 18.6 Å². The van der Waals surface area contributed by atoms with Crippen LogP contribution in [-0.2, 0) is 4.79 Å². The van der Waals surface area contributed by atoms with Crippen LogP contribution in [0.2, 0.25) is 0 Å². The molecule has 0 spiro atoms. The molecule has 0 aromatic heterocycles. The van der Waals surface area contributed by atoms with Gasteiger partial charge in [-0.25, -0.2) is 0 Å². The molecule has 0 aromatic rings. The number of aliphatic carboxylic acids is 1. The van der Waals surface area contributed by atoms with E-state index in [9.17, 15) is 9.90 Å². The number of aliphatic hydroxyl groups excluding tert-OH is 1. The standard InChI is InChI=1S/C24H40O3.BI2/c1-15(4-9-22(26)27)19-7-8-20-18-6-5-16-14-17(25)10-12-23(16,2)21(18)11-13-24(19,20)3;1-3-2/h15-21,25H,4-14H2,1-3H3,(H,26,27);/q;-1/t15?,16-,17-,18?,19-,20+,21+,23+,24-;/m1./s1. The molecule has 4 fully saturated rings. The van der Waals surface area contributed by atoms with Gasteiger partial charge in [0, 0.05) is 6.42 Å². The van der Waals surface area contributed by atoms with Crippen molar-refractivity contribution in [1.82, 2.24) is 0 Å². The molecule has 9 atom stereocenters. The third kappa shape index (κ3) is 4.90. The summed E-state index contributed by atoms with van der Waals surface area (Å²) in [5, 5.41) is 19.3. The molecule has 0 heterocycles. The van der Waals surface area contributed by atoms with Crippen molar-refractivity contribution >= 4 is 30.3 Å². The van der Waals surface area contributed by atoms with Gasteiger partial charge in [0.15, 0.2) is 0 Å². The number of halogens is 2. The molecule has 0 amide bonds. The molecule has 2 N–H and O–H groups in total. The molecule has 0 bridgehead atoms. The van der Waals surface area contributed by atoms with Crippen LogP contribution in [0, 0.1) is 46.3 Å². The zero-order valence-corrected chi connectivity index (χ0v) is 23.3. The molecular weight excluding hydrogens is 601 g/mol. The van der Waals surface area contributed by atoms with Gasteiger partial charge in [0.25, 0.3) is 0 Å². The molecule has 2 radical (unpaired) electrons. The van der Waals surface area contributed by atoms with Crippen LogP contribution in [0.3, 0.4) is 0 Å². The van der Waals surface area contributed by atoms with E-state index in [0.717, 1.165) is 42.9 Å². The molecule has 6 heteroatoms. The summed E-state index contributed by atoms with van der Waals surface area (Å²) >= 11 is 2.24. The zero-order valence-electron chi connectivity index (χ0n) is 19.0. The van der Waals surface area contributed by atoms with Gasteiger partial charge in [0.1, 0.15) is 0 Å². The number of fused-ring (bicyclic) bond motifs is 5. The van der Waals surface area contributed by atoms with Crippen molar-refractivity contribution in [2.75, 3.05) is 0 Å². The van der Waals surface area contributed by atoms with Gasteiger partial charge in [0.05, 0.1) is 6.10 Å². The summed E-state index contributed by atoms with van der Waals surface area (Å²) in [6.07, 6.45) is 12.4. The molecule has 4 rings (SSSR count). The Balaban J connectivity index is 0.000000806. The summed E-state index contributed by atoms with van der Waals surface area (Å²) in [6, 6.07) is 0. The first-order valence-corrected chi connectivity index (χ1v) is 19.5. The number of rotatable bonds is 4. The average molecular weight is 641 g/mol. The number of carboxylic acids is 1. The predicted octanol–water partition coefficient (Wildman–Crippen LogP) is 3.02. The number of carbonyl (C=O) groups is 1. The van der Waals surface area contributed by atoms with E-state index in [0.29, 0.717) is 29.1 Å². The SMILES string of the molecule is CC(CCC(=O)O)[C@H]1CC[C@H]2C3CC[C@@H]4C[C@H](O)CC[C@]4(C)[C@H]3CC[C@]12C.[B][I-]I. The van der Waals surface area contributed by atoms with E-state index >= 15 is 0 Å². The van der Waals surface area contributed by atoms with Crippen molar-refractivity contribution in [3.63, 3.8) is 0 Å². The third-order valence-corrected chi connectivity index (χ3v) is 10.2. The first-order valence-electron chi connectivity index (χ1n) is 12.0. The maximum absolute atomic E-state index is 11.0. The van der Waals surface area contributed by atoms with Crippen molar-refractivity contribution in [1.29, 1.82) is 0 Å². The van der Waals surface area contributed by atoms with Gasteiger partial charge in [-0.2, -0.15) is 0 Å². The van der Waals surface area contributed by atoms with Crippen LogP contribution < -0.4 is 17.0 Å². The Morgan fingerprint density at radius 2 is 1.73 bits per heavy atom. The molecule has 0 aromatic carbocycles. The van der Waals surface area contributed by atoms with Crippen LogP contribution in [0.25, 0.3) is 0 Å². The van der Waals surface area contributed by atoms with Crippen LogP contribution in [0.1, 0.15) is 91.4 Å². The molecule has 0 saturated heterocycles. The van der Waals surface area contributed by atoms with E-state index in [1.807, 2.05) is 0 Å². The molecule has 3 nitrogen and oxygen atoms in total. The normalized spacial score (nSPS) is 46.0. The van der Waals surface area contributed by atoms with Crippen molar-refractivity contribution in [3.05, 3.63) is 0 Å². The van der Waals surface area contributed by atoms with Crippen molar-refractivity contribution in [2.24, 2.45) is 46.3 Å². The average Bonchev–Trinajstić information content (AvgIpc) is 3.04. The van der Waals surface area contributed by atoms with Gasteiger partial charge in [0.2, 0.25) is 0 Å². The van der Waals surface area contributed by atoms with Gasteiger partial charge in [-0.3, -0.25) is 4.79 Å². The Hall–Kier alpha value is 0.955. The summed E-state index contributed by atoms with van der Waals surface area (Å²) < 4.78 is 0. The van der Waals surface area contributed by atoms with Crippen LogP contribution in [0.15, 0.2) is 0 Å². The van der Waals surface area contributed by atoms with Gasteiger partial charge in [-0.05, 0) is 111 Å². The molecule has 4 aliphatic carbocycles. The monoisotopic (exact) mass is 641 g/mol. The molecule has 0 aliphatic heterocycles. The Labute approximate surface area is 204 Å². The fraction of sp³-hybridized carbons (Fsp3) is 0.958. The quantitative estimate of drug-likeness (QED) is 0.367.